The summed E-state index contributed by atoms with van der Waals surface area (Å²) in [6.07, 6.45) is 1.10. The molecule has 3 aromatic rings. The minimum absolute atomic E-state index is 0.0611. The molecule has 220 valence electrons. The van der Waals surface area contributed by atoms with Gasteiger partial charge in [0, 0.05) is 19.5 Å². The average molecular weight is 570 g/mol. The van der Waals surface area contributed by atoms with Gasteiger partial charge in [-0.2, -0.15) is 0 Å². The summed E-state index contributed by atoms with van der Waals surface area (Å²) in [7, 11) is 3.21. The molecule has 0 N–H and O–H groups in total. The number of rotatable bonds is 16. The van der Waals surface area contributed by atoms with E-state index in [0.29, 0.717) is 68.5 Å². The summed E-state index contributed by atoms with van der Waals surface area (Å²) in [5.74, 6) is 0.579. The van der Waals surface area contributed by atoms with Crippen LogP contribution in [0, 0.1) is 0 Å². The van der Waals surface area contributed by atoms with Crippen LogP contribution in [0.4, 0.5) is 0 Å². The van der Waals surface area contributed by atoms with Gasteiger partial charge in [-0.05, 0) is 36.2 Å². The number of nitrogens with zero attached hydrogens (tertiary/aromatic N) is 3. The molecule has 12 heteroatoms. The van der Waals surface area contributed by atoms with E-state index in [-0.39, 0.29) is 37.6 Å². The van der Waals surface area contributed by atoms with Gasteiger partial charge in [0.1, 0.15) is 37.0 Å². The monoisotopic (exact) mass is 569 g/mol. The van der Waals surface area contributed by atoms with Gasteiger partial charge in [0.2, 0.25) is 5.91 Å². The zero-order chi connectivity index (χ0) is 29.2. The minimum Gasteiger partial charge on any atom is -0.497 e. The zero-order valence-corrected chi connectivity index (χ0v) is 23.3. The molecular formula is C29H35N3O9. The summed E-state index contributed by atoms with van der Waals surface area (Å²) in [5.41, 5.74) is 1.66. The lowest BCUT2D eigenvalue weighted by molar-refractivity contribution is -0.151. The highest BCUT2D eigenvalue weighted by Crippen LogP contribution is 2.29. The van der Waals surface area contributed by atoms with Crippen molar-refractivity contribution in [2.45, 2.75) is 25.4 Å². The van der Waals surface area contributed by atoms with Gasteiger partial charge in [-0.15, -0.1) is 0 Å². The van der Waals surface area contributed by atoms with Gasteiger partial charge in [0.05, 0.1) is 57.7 Å². The van der Waals surface area contributed by atoms with Crippen molar-refractivity contribution in [3.8, 4) is 11.5 Å². The van der Waals surface area contributed by atoms with Crippen molar-refractivity contribution >= 4 is 29.1 Å². The molecule has 0 radical (unpaired) electrons. The number of likely N-dealkylation sites (tertiary alicyclic amines) is 1. The van der Waals surface area contributed by atoms with Crippen LogP contribution in [0.5, 0.6) is 11.5 Å². The molecule has 1 aliphatic heterocycles. The number of hydrogen-bond donors (Lipinski definition) is 0. The Kier molecular flexibility index (Phi) is 10.7. The van der Waals surface area contributed by atoms with Gasteiger partial charge in [0.15, 0.2) is 0 Å². The van der Waals surface area contributed by atoms with Crippen LogP contribution in [0.25, 0.3) is 11.0 Å². The van der Waals surface area contributed by atoms with E-state index in [4.69, 9.17) is 23.7 Å². The molecule has 41 heavy (non-hydrogen) atoms. The second-order valence-corrected chi connectivity index (χ2v) is 9.40. The summed E-state index contributed by atoms with van der Waals surface area (Å²) < 4.78 is 29.8. The number of ether oxygens (including phenoxy) is 5. The third-order valence-corrected chi connectivity index (χ3v) is 6.78. The van der Waals surface area contributed by atoms with Crippen LogP contribution in [0.15, 0.2) is 47.3 Å². The van der Waals surface area contributed by atoms with Crippen LogP contribution in [-0.2, 0) is 42.2 Å². The van der Waals surface area contributed by atoms with Gasteiger partial charge in [-0.1, -0.05) is 12.1 Å². The molecule has 2 heterocycles. The number of fused-ring (bicyclic) bond motifs is 1. The predicted octanol–water partition coefficient (Wildman–Crippen LogP) is 1.87. The Morgan fingerprint density at radius 1 is 0.854 bits per heavy atom. The Bertz CT molecular complexity index is 1400. The summed E-state index contributed by atoms with van der Waals surface area (Å²) in [6.45, 7) is 2.35. The fourth-order valence-electron chi connectivity index (χ4n) is 4.66. The van der Waals surface area contributed by atoms with Crippen LogP contribution in [-0.4, -0.2) is 85.5 Å². The second kappa shape index (κ2) is 14.6. The Balaban J connectivity index is 1.36. The number of imide groups is 1. The molecule has 2 amide bonds. The number of methoxy groups -OCH3 is 1. The van der Waals surface area contributed by atoms with Crippen molar-refractivity contribution in [1.29, 1.82) is 0 Å². The smallest absolute Gasteiger partial charge is 0.329 e. The number of amides is 2. The molecule has 2 aromatic carbocycles. The van der Waals surface area contributed by atoms with E-state index >= 15 is 0 Å². The third-order valence-electron chi connectivity index (χ3n) is 6.78. The predicted molar refractivity (Wildman–Crippen MR) is 148 cm³/mol. The second-order valence-electron chi connectivity index (χ2n) is 9.40. The fourth-order valence-corrected chi connectivity index (χ4v) is 4.66. The lowest BCUT2D eigenvalue weighted by atomic mass is 10.0. The van der Waals surface area contributed by atoms with Crippen molar-refractivity contribution < 1.29 is 38.1 Å². The van der Waals surface area contributed by atoms with E-state index in [1.165, 1.54) is 14.0 Å². The molecule has 0 spiro atoms. The maximum Gasteiger partial charge on any atom is 0.329 e. The molecule has 1 atom stereocenters. The number of hydrogen-bond acceptors (Lipinski definition) is 9. The summed E-state index contributed by atoms with van der Waals surface area (Å²) in [4.78, 5) is 50.9. The third kappa shape index (κ3) is 7.40. The fraction of sp³-hybridized carbons (Fsp3) is 0.448. The van der Waals surface area contributed by atoms with Crippen molar-refractivity contribution in [3.63, 3.8) is 0 Å². The SMILES string of the molecule is COc1ccc(CN2C(=O)CCC(n3c(=O)n(C)c4cc(OCCOCCOCCOCC=O)ccc43)C2=O)cc1. The van der Waals surface area contributed by atoms with Crippen LogP contribution < -0.4 is 15.2 Å². The van der Waals surface area contributed by atoms with Gasteiger partial charge in [-0.25, -0.2) is 4.79 Å². The molecular weight excluding hydrogens is 534 g/mol. The first-order chi connectivity index (χ1) is 19.9. The normalized spacial score (nSPS) is 15.5. The molecule has 4 rings (SSSR count). The molecule has 1 aliphatic rings. The van der Waals surface area contributed by atoms with Gasteiger partial charge < -0.3 is 28.5 Å². The van der Waals surface area contributed by atoms with Crippen molar-refractivity contribution in [3.05, 3.63) is 58.5 Å². The summed E-state index contributed by atoms with van der Waals surface area (Å²) in [5, 5.41) is 0. The molecule has 0 saturated carbocycles. The van der Waals surface area contributed by atoms with Crippen LogP contribution >= 0.6 is 0 Å². The van der Waals surface area contributed by atoms with E-state index < -0.39 is 11.9 Å². The lowest BCUT2D eigenvalue weighted by Crippen LogP contribution is -2.47. The van der Waals surface area contributed by atoms with Crippen LogP contribution in [0.3, 0.4) is 0 Å². The Morgan fingerprint density at radius 3 is 2.20 bits per heavy atom. The first-order valence-corrected chi connectivity index (χ1v) is 13.4. The summed E-state index contributed by atoms with van der Waals surface area (Å²) in [6, 6.07) is 11.6. The minimum atomic E-state index is -0.791. The van der Waals surface area contributed by atoms with E-state index in [1.807, 2.05) is 12.1 Å². The van der Waals surface area contributed by atoms with Crippen LogP contribution in [0.2, 0.25) is 0 Å². The first kappa shape index (κ1) is 30.0. The largest absolute Gasteiger partial charge is 0.497 e. The lowest BCUT2D eigenvalue weighted by Gasteiger charge is -2.31. The van der Waals surface area contributed by atoms with Crippen LogP contribution in [0.1, 0.15) is 24.4 Å². The molecule has 1 aromatic heterocycles. The number of aryl methyl sites for hydroxylation is 1. The number of benzene rings is 2. The Morgan fingerprint density at radius 2 is 1.51 bits per heavy atom. The first-order valence-electron chi connectivity index (χ1n) is 13.4. The maximum absolute atomic E-state index is 13.5. The standard InChI is InChI=1S/C29H35N3O9/c1-30-26-19-23(41-18-17-40-16-15-39-14-13-38-12-11-33)7-8-24(26)32(29(30)36)25-9-10-27(34)31(28(25)35)20-21-3-5-22(37-2)6-4-21/h3-8,11,19,25H,9-10,12-18,20H2,1-2H3. The number of piperidine rings is 1. The Labute approximate surface area is 237 Å². The quantitative estimate of drug-likeness (QED) is 0.144. The van der Waals surface area contributed by atoms with Crippen molar-refractivity contribution in [2.75, 3.05) is 53.4 Å². The number of carbonyl (C=O) groups excluding carboxylic acids is 3. The van der Waals surface area contributed by atoms with E-state index in [9.17, 15) is 19.2 Å². The molecule has 12 nitrogen and oxygen atoms in total. The topological polar surface area (TPSA) is 128 Å². The average Bonchev–Trinajstić information content (AvgIpc) is 3.23. The highest BCUT2D eigenvalue weighted by molar-refractivity contribution is 6.00. The molecule has 1 saturated heterocycles. The van der Waals surface area contributed by atoms with Gasteiger partial charge in [-0.3, -0.25) is 23.6 Å². The zero-order valence-electron chi connectivity index (χ0n) is 23.3. The number of aromatic nitrogens is 2. The van der Waals surface area contributed by atoms with Crippen molar-refractivity contribution in [1.82, 2.24) is 14.0 Å². The van der Waals surface area contributed by atoms with Gasteiger partial charge >= 0.3 is 5.69 Å². The Hall–Kier alpha value is -4.00. The van der Waals surface area contributed by atoms with Crippen molar-refractivity contribution in [2.24, 2.45) is 7.05 Å². The van der Waals surface area contributed by atoms with E-state index in [2.05, 4.69) is 0 Å². The molecule has 1 fully saturated rings. The van der Waals surface area contributed by atoms with E-state index in [1.54, 1.807) is 44.5 Å². The molecule has 0 bridgehead atoms. The number of aldehydes is 1. The summed E-state index contributed by atoms with van der Waals surface area (Å²) >= 11 is 0. The highest BCUT2D eigenvalue weighted by Gasteiger charge is 2.37. The number of imidazole rings is 1. The maximum atomic E-state index is 13.5. The number of carbonyl (C=O) groups is 3. The molecule has 1 unspecified atom stereocenters. The molecule has 0 aliphatic carbocycles. The van der Waals surface area contributed by atoms with Gasteiger partial charge in [0.25, 0.3) is 5.91 Å². The highest BCUT2D eigenvalue weighted by atomic mass is 16.6. The van der Waals surface area contributed by atoms with E-state index in [0.717, 1.165) is 5.56 Å².